The van der Waals surface area contributed by atoms with Crippen LogP contribution in [0.25, 0.3) is 16.8 Å². The van der Waals surface area contributed by atoms with Crippen molar-refractivity contribution < 1.29 is 33.4 Å². The normalized spacial score (nSPS) is 13.9. The van der Waals surface area contributed by atoms with Gasteiger partial charge in [0.1, 0.15) is 11.7 Å². The summed E-state index contributed by atoms with van der Waals surface area (Å²) in [5.74, 6) is -2.78. The van der Waals surface area contributed by atoms with Crippen molar-refractivity contribution in [2.75, 3.05) is 26.1 Å². The second kappa shape index (κ2) is 12.8. The van der Waals surface area contributed by atoms with Crippen molar-refractivity contribution in [1.82, 2.24) is 29.9 Å². The number of methoxy groups -OCH3 is 2. The van der Waals surface area contributed by atoms with Gasteiger partial charge in [0.05, 0.1) is 36.6 Å². The largest absolute Gasteiger partial charge is 0.480 e. The number of amides is 2. The molecule has 0 saturated heterocycles. The molecule has 2 aromatic heterocycles. The number of carboxylic acid groups (broad SMARTS) is 1. The fraction of sp³-hybridized carbons (Fsp3) is 0.156. The van der Waals surface area contributed by atoms with Crippen LogP contribution >= 0.6 is 11.6 Å². The van der Waals surface area contributed by atoms with Gasteiger partial charge in [0, 0.05) is 18.4 Å². The summed E-state index contributed by atoms with van der Waals surface area (Å²) in [7, 11) is 2.91. The van der Waals surface area contributed by atoms with E-state index < -0.39 is 29.6 Å². The van der Waals surface area contributed by atoms with Crippen molar-refractivity contribution in [3.8, 4) is 28.7 Å². The molecular formula is C32H25ClFN7O6. The number of benzene rings is 3. The molecule has 0 fully saturated rings. The summed E-state index contributed by atoms with van der Waals surface area (Å²) >= 11 is 5.93. The lowest BCUT2D eigenvalue weighted by molar-refractivity contribution is -0.121. The zero-order valence-electron chi connectivity index (χ0n) is 24.8. The molecule has 1 unspecified atom stereocenters. The molecule has 0 bridgehead atoms. The summed E-state index contributed by atoms with van der Waals surface area (Å²) in [5.41, 5.74) is 2.76. The van der Waals surface area contributed by atoms with Gasteiger partial charge >= 0.3 is 12.0 Å². The molecule has 5 aromatic rings. The number of aromatic nitrogens is 5. The van der Waals surface area contributed by atoms with E-state index in [1.807, 2.05) is 6.07 Å². The van der Waals surface area contributed by atoms with E-state index in [4.69, 9.17) is 21.1 Å². The predicted molar refractivity (Wildman–Crippen MR) is 166 cm³/mol. The number of rotatable bonds is 8. The summed E-state index contributed by atoms with van der Waals surface area (Å²) < 4.78 is 26.5. The van der Waals surface area contributed by atoms with E-state index in [2.05, 4.69) is 25.6 Å². The highest BCUT2D eigenvalue weighted by Crippen LogP contribution is 2.40. The molecule has 15 heteroatoms. The van der Waals surface area contributed by atoms with Crippen molar-refractivity contribution in [1.29, 1.82) is 0 Å². The first-order chi connectivity index (χ1) is 22.7. The second-order valence-electron chi connectivity index (χ2n) is 10.3. The summed E-state index contributed by atoms with van der Waals surface area (Å²) in [6, 6.07) is 14.3. The number of aromatic carboxylic acids is 1. The molecule has 0 radical (unpaired) electrons. The molecule has 13 nitrogen and oxygen atoms in total. The fourth-order valence-corrected chi connectivity index (χ4v) is 5.59. The number of ether oxygens (including phenoxy) is 2. The summed E-state index contributed by atoms with van der Waals surface area (Å²) in [6.45, 7) is 0.0938. The minimum absolute atomic E-state index is 0.00700. The lowest BCUT2D eigenvalue weighted by Gasteiger charge is -2.37. The number of anilines is 1. The van der Waals surface area contributed by atoms with Crippen molar-refractivity contribution in [2.45, 2.75) is 12.5 Å². The second-order valence-corrected chi connectivity index (χ2v) is 10.7. The number of carbonyl (C=O) groups excluding carboxylic acids is 2. The molecule has 47 heavy (non-hydrogen) atoms. The summed E-state index contributed by atoms with van der Waals surface area (Å²) in [6.07, 6.45) is 3.16. The molecule has 238 valence electrons. The van der Waals surface area contributed by atoms with E-state index in [1.165, 1.54) is 67.8 Å². The number of hydrogen-bond donors (Lipinski definition) is 2. The maximum Gasteiger partial charge on any atom is 0.335 e. The highest BCUT2D eigenvalue weighted by atomic mass is 35.5. The number of halogens is 2. The van der Waals surface area contributed by atoms with Crippen LogP contribution in [0.3, 0.4) is 0 Å². The van der Waals surface area contributed by atoms with Gasteiger partial charge in [-0.2, -0.15) is 4.98 Å². The topological polar surface area (TPSA) is 162 Å². The number of nitrogens with one attached hydrogen (secondary N) is 1. The van der Waals surface area contributed by atoms with Crippen molar-refractivity contribution in [3.63, 3.8) is 0 Å². The zero-order chi connectivity index (χ0) is 33.2. The van der Waals surface area contributed by atoms with Gasteiger partial charge in [-0.15, -0.1) is 5.10 Å². The number of fused-ring (bicyclic) bond motifs is 1. The molecule has 0 spiro atoms. The number of hydrogen-bond acceptors (Lipinski definition) is 9. The van der Waals surface area contributed by atoms with Crippen LogP contribution in [0.2, 0.25) is 5.02 Å². The van der Waals surface area contributed by atoms with E-state index in [-0.39, 0.29) is 40.4 Å². The third kappa shape index (κ3) is 5.93. The van der Waals surface area contributed by atoms with Gasteiger partial charge in [-0.3, -0.25) is 9.59 Å². The number of carboxylic acids is 1. The van der Waals surface area contributed by atoms with Gasteiger partial charge in [-0.25, -0.2) is 18.9 Å². The third-order valence-corrected chi connectivity index (χ3v) is 7.91. The monoisotopic (exact) mass is 657 g/mol. The van der Waals surface area contributed by atoms with Gasteiger partial charge in [-0.05, 0) is 59.5 Å². The summed E-state index contributed by atoms with van der Waals surface area (Å²) in [4.78, 5) is 49.3. The van der Waals surface area contributed by atoms with E-state index in [0.717, 1.165) is 10.2 Å². The van der Waals surface area contributed by atoms with Crippen molar-refractivity contribution in [3.05, 3.63) is 106 Å². The van der Waals surface area contributed by atoms with Crippen molar-refractivity contribution in [2.24, 2.45) is 0 Å². The highest BCUT2D eigenvalue weighted by molar-refractivity contribution is 6.30. The van der Waals surface area contributed by atoms with Gasteiger partial charge in [0.2, 0.25) is 5.88 Å². The van der Waals surface area contributed by atoms with E-state index in [0.29, 0.717) is 28.8 Å². The first kappa shape index (κ1) is 31.1. The average molecular weight is 658 g/mol. The predicted octanol–water partition coefficient (Wildman–Crippen LogP) is 4.61. The average Bonchev–Trinajstić information content (AvgIpc) is 3.58. The number of nitrogens with zero attached hydrogens (tertiary/aromatic N) is 6. The van der Waals surface area contributed by atoms with Crippen LogP contribution in [0.15, 0.2) is 73.1 Å². The quantitative estimate of drug-likeness (QED) is 0.241. The summed E-state index contributed by atoms with van der Waals surface area (Å²) in [5, 5.41) is 19.9. The van der Waals surface area contributed by atoms with Crippen LogP contribution in [0.5, 0.6) is 11.9 Å². The lowest BCUT2D eigenvalue weighted by Crippen LogP contribution is -2.45. The van der Waals surface area contributed by atoms with Crippen molar-refractivity contribution >= 4 is 35.1 Å². The molecule has 0 aliphatic carbocycles. The number of carbonyl (C=O) groups is 3. The molecule has 1 aliphatic rings. The molecule has 1 aliphatic heterocycles. The minimum Gasteiger partial charge on any atom is -0.480 e. The van der Waals surface area contributed by atoms with E-state index >= 15 is 0 Å². The van der Waals surface area contributed by atoms with Crippen LogP contribution in [0, 0.1) is 5.82 Å². The molecular weight excluding hydrogens is 633 g/mol. The Hall–Kier alpha value is -5.89. The SMILES string of the molecule is COc1ncc(-c2cccc3c2CCN(C(=O)c2cn(-c4cccc(Cl)c4F)nn2)C3C(=O)Nc2ccc(C(=O)O)cc2)c(OC)n1. The Bertz CT molecular complexity index is 2020. The standard InChI is InChI=1S/C32H25ClFN7O6/c1-46-29-22(15-35-32(37-29)47-2)19-5-3-6-21-20(19)13-14-40(27(21)28(42)36-18-11-9-17(10-12-18)31(44)45)30(43)24-16-41(39-38-24)25-8-4-7-23(33)26(25)34/h3-12,15-16,27H,13-14H2,1-2H3,(H,36,42)(H,44,45). The molecule has 3 aromatic carbocycles. The van der Waals surface area contributed by atoms with Gasteiger partial charge in [0.15, 0.2) is 11.5 Å². The third-order valence-electron chi connectivity index (χ3n) is 7.62. The maximum atomic E-state index is 14.7. The van der Waals surface area contributed by atoms with Gasteiger partial charge in [-0.1, -0.05) is 41.1 Å². The Morgan fingerprint density at radius 2 is 1.79 bits per heavy atom. The first-order valence-electron chi connectivity index (χ1n) is 14.1. The Morgan fingerprint density at radius 1 is 1.02 bits per heavy atom. The molecule has 6 rings (SSSR count). The zero-order valence-corrected chi connectivity index (χ0v) is 25.6. The van der Waals surface area contributed by atoms with Crippen LogP contribution < -0.4 is 14.8 Å². The highest BCUT2D eigenvalue weighted by Gasteiger charge is 2.38. The van der Waals surface area contributed by atoms with Gasteiger partial charge < -0.3 is 24.8 Å². The molecule has 1 atom stereocenters. The molecule has 3 heterocycles. The Morgan fingerprint density at radius 3 is 2.51 bits per heavy atom. The first-order valence-corrected chi connectivity index (χ1v) is 14.5. The minimum atomic E-state index is -1.16. The van der Waals surface area contributed by atoms with E-state index in [1.54, 1.807) is 18.3 Å². The molecule has 0 saturated carbocycles. The van der Waals surface area contributed by atoms with Crippen LogP contribution in [-0.4, -0.2) is 73.5 Å². The fourth-order valence-electron chi connectivity index (χ4n) is 5.42. The Labute approximate surface area is 271 Å². The van der Waals surface area contributed by atoms with Gasteiger partial charge in [0.25, 0.3) is 11.8 Å². The Kier molecular flexibility index (Phi) is 8.50. The molecule has 2 amide bonds. The van der Waals surface area contributed by atoms with Crippen LogP contribution in [-0.2, 0) is 11.2 Å². The molecule has 2 N–H and O–H groups in total. The Balaban J connectivity index is 1.41. The van der Waals surface area contributed by atoms with E-state index in [9.17, 15) is 23.9 Å². The smallest absolute Gasteiger partial charge is 0.335 e. The van der Waals surface area contributed by atoms with Crippen LogP contribution in [0.1, 0.15) is 38.0 Å². The van der Waals surface area contributed by atoms with Crippen LogP contribution in [0.4, 0.5) is 10.1 Å². The lowest BCUT2D eigenvalue weighted by atomic mass is 9.86. The maximum absolute atomic E-state index is 14.7.